The first-order valence-electron chi connectivity index (χ1n) is 6.84. The van der Waals surface area contributed by atoms with Crippen LogP contribution in [0.1, 0.15) is 45.4 Å². The van der Waals surface area contributed by atoms with Crippen LogP contribution in [0.2, 0.25) is 0 Å². The molecule has 0 amide bonds. The molecule has 0 aliphatic carbocycles. The van der Waals surface area contributed by atoms with Crippen LogP contribution in [0.25, 0.3) is 0 Å². The third-order valence-corrected chi connectivity index (χ3v) is 3.71. The molecule has 1 saturated heterocycles. The smallest absolute Gasteiger partial charge is 0.138 e. The van der Waals surface area contributed by atoms with E-state index in [2.05, 4.69) is 17.0 Å². The van der Waals surface area contributed by atoms with Gasteiger partial charge in [-0.05, 0) is 32.6 Å². The molecule has 102 valence electrons. The van der Waals surface area contributed by atoms with E-state index in [4.69, 9.17) is 4.74 Å². The van der Waals surface area contributed by atoms with Crippen LogP contribution in [0.4, 0.5) is 0 Å². The molecule has 0 aromatic carbocycles. The van der Waals surface area contributed by atoms with E-state index < -0.39 is 11.7 Å². The maximum absolute atomic E-state index is 10.4. The predicted molar refractivity (Wildman–Crippen MR) is 68.2 cm³/mol. The third kappa shape index (κ3) is 2.90. The van der Waals surface area contributed by atoms with Crippen molar-refractivity contribution < 1.29 is 9.84 Å². The monoisotopic (exact) mass is 253 g/mol. The van der Waals surface area contributed by atoms with Crippen LogP contribution in [-0.2, 0) is 17.7 Å². The lowest BCUT2D eigenvalue weighted by Gasteiger charge is -2.37. The van der Waals surface area contributed by atoms with E-state index in [-0.39, 0.29) is 0 Å². The summed E-state index contributed by atoms with van der Waals surface area (Å²) in [5.74, 6) is 0.847. The van der Waals surface area contributed by atoms with Gasteiger partial charge in [0.05, 0.1) is 11.7 Å². The lowest BCUT2D eigenvalue weighted by Crippen LogP contribution is -2.46. The highest BCUT2D eigenvalue weighted by Gasteiger charge is 2.36. The molecule has 0 radical (unpaired) electrons. The molecule has 5 heteroatoms. The highest BCUT2D eigenvalue weighted by Crippen LogP contribution is 2.29. The van der Waals surface area contributed by atoms with Gasteiger partial charge in [-0.1, -0.05) is 6.92 Å². The Balaban J connectivity index is 2.01. The Morgan fingerprint density at radius 2 is 2.39 bits per heavy atom. The molecule has 1 fully saturated rings. The van der Waals surface area contributed by atoms with Crippen molar-refractivity contribution in [3.63, 3.8) is 0 Å². The van der Waals surface area contributed by atoms with Gasteiger partial charge in [0.1, 0.15) is 12.2 Å². The summed E-state index contributed by atoms with van der Waals surface area (Å²) in [6.45, 7) is 5.69. The summed E-state index contributed by atoms with van der Waals surface area (Å²) in [6.07, 6.45) is 5.69. The highest BCUT2D eigenvalue weighted by atomic mass is 16.5. The molecule has 1 aliphatic rings. The van der Waals surface area contributed by atoms with Gasteiger partial charge in [-0.3, -0.25) is 4.68 Å². The molecule has 1 aliphatic heterocycles. The van der Waals surface area contributed by atoms with E-state index in [1.54, 1.807) is 6.33 Å². The van der Waals surface area contributed by atoms with Gasteiger partial charge < -0.3 is 9.84 Å². The van der Waals surface area contributed by atoms with E-state index in [1.807, 2.05) is 11.6 Å². The van der Waals surface area contributed by atoms with Crippen LogP contribution in [0.5, 0.6) is 0 Å². The molecule has 5 nitrogen and oxygen atoms in total. The minimum Gasteiger partial charge on any atom is -0.390 e. The van der Waals surface area contributed by atoms with Gasteiger partial charge in [0.25, 0.3) is 0 Å². The van der Waals surface area contributed by atoms with E-state index in [1.165, 1.54) is 0 Å². The Hall–Kier alpha value is -0.940. The SMILES string of the molecule is CCCn1ncnc1CC(O)C1(C)CCCCO1. The minimum atomic E-state index is -0.516. The van der Waals surface area contributed by atoms with Crippen LogP contribution in [0.15, 0.2) is 6.33 Å². The third-order valence-electron chi connectivity index (χ3n) is 3.71. The van der Waals surface area contributed by atoms with Gasteiger partial charge in [-0.2, -0.15) is 5.10 Å². The fourth-order valence-corrected chi connectivity index (χ4v) is 2.45. The van der Waals surface area contributed by atoms with E-state index in [9.17, 15) is 5.11 Å². The zero-order valence-electron chi connectivity index (χ0n) is 11.3. The second-order valence-corrected chi connectivity index (χ2v) is 5.24. The molecule has 0 spiro atoms. The largest absolute Gasteiger partial charge is 0.390 e. The topological polar surface area (TPSA) is 60.2 Å². The average molecular weight is 253 g/mol. The number of aromatic nitrogens is 3. The zero-order valence-corrected chi connectivity index (χ0v) is 11.3. The van der Waals surface area contributed by atoms with Crippen LogP contribution in [0, 0.1) is 0 Å². The Bertz CT molecular complexity index is 372. The van der Waals surface area contributed by atoms with Crippen LogP contribution >= 0.6 is 0 Å². The minimum absolute atomic E-state index is 0.429. The first kappa shape index (κ1) is 13.5. The number of rotatable bonds is 5. The van der Waals surface area contributed by atoms with Crippen molar-refractivity contribution in [3.8, 4) is 0 Å². The van der Waals surface area contributed by atoms with Crippen molar-refractivity contribution in [2.45, 2.75) is 64.2 Å². The van der Waals surface area contributed by atoms with Gasteiger partial charge in [0, 0.05) is 19.6 Å². The molecular weight excluding hydrogens is 230 g/mol. The molecule has 2 rings (SSSR count). The lowest BCUT2D eigenvalue weighted by atomic mass is 9.88. The van der Waals surface area contributed by atoms with Crippen molar-refractivity contribution in [2.24, 2.45) is 0 Å². The number of hydrogen-bond acceptors (Lipinski definition) is 4. The van der Waals surface area contributed by atoms with E-state index in [0.717, 1.165) is 44.7 Å². The number of ether oxygens (including phenoxy) is 1. The van der Waals surface area contributed by atoms with Gasteiger partial charge in [-0.15, -0.1) is 0 Å². The van der Waals surface area contributed by atoms with Crippen LogP contribution < -0.4 is 0 Å². The maximum Gasteiger partial charge on any atom is 0.138 e. The quantitative estimate of drug-likeness (QED) is 0.865. The van der Waals surface area contributed by atoms with Gasteiger partial charge in [-0.25, -0.2) is 4.98 Å². The standard InChI is InChI=1S/C13H23N3O2/c1-3-7-16-12(14-10-15-16)9-11(17)13(2)6-4-5-8-18-13/h10-11,17H,3-9H2,1-2H3. The zero-order chi connectivity index (χ0) is 13.0. The number of aliphatic hydroxyl groups excluding tert-OH is 1. The normalized spacial score (nSPS) is 26.2. The molecule has 1 aromatic rings. The number of nitrogens with zero attached hydrogens (tertiary/aromatic N) is 3. The molecule has 2 atom stereocenters. The van der Waals surface area contributed by atoms with Crippen molar-refractivity contribution in [2.75, 3.05) is 6.61 Å². The van der Waals surface area contributed by atoms with E-state index in [0.29, 0.717) is 6.42 Å². The molecule has 0 saturated carbocycles. The first-order valence-corrected chi connectivity index (χ1v) is 6.84. The van der Waals surface area contributed by atoms with Crippen LogP contribution in [0.3, 0.4) is 0 Å². The molecule has 18 heavy (non-hydrogen) atoms. The summed E-state index contributed by atoms with van der Waals surface area (Å²) < 4.78 is 7.64. The van der Waals surface area contributed by atoms with Crippen LogP contribution in [-0.4, -0.2) is 38.2 Å². The summed E-state index contributed by atoms with van der Waals surface area (Å²) in [4.78, 5) is 4.24. The summed E-state index contributed by atoms with van der Waals surface area (Å²) in [5, 5.41) is 14.6. The van der Waals surface area contributed by atoms with Crippen molar-refractivity contribution >= 4 is 0 Å². The first-order chi connectivity index (χ1) is 8.65. The molecule has 2 unspecified atom stereocenters. The van der Waals surface area contributed by atoms with E-state index >= 15 is 0 Å². The van der Waals surface area contributed by atoms with Crippen molar-refractivity contribution in [3.05, 3.63) is 12.2 Å². The fourth-order valence-electron chi connectivity index (χ4n) is 2.45. The summed E-state index contributed by atoms with van der Waals surface area (Å²) in [5.41, 5.74) is -0.429. The maximum atomic E-state index is 10.4. The molecular formula is C13H23N3O2. The molecule has 1 aromatic heterocycles. The number of hydrogen-bond donors (Lipinski definition) is 1. The summed E-state index contributed by atoms with van der Waals surface area (Å²) >= 11 is 0. The molecule has 2 heterocycles. The average Bonchev–Trinajstić information content (AvgIpc) is 2.78. The Morgan fingerprint density at radius 3 is 3.06 bits per heavy atom. The van der Waals surface area contributed by atoms with Gasteiger partial charge in [0.15, 0.2) is 0 Å². The fraction of sp³-hybridized carbons (Fsp3) is 0.846. The lowest BCUT2D eigenvalue weighted by molar-refractivity contribution is -0.136. The number of aliphatic hydroxyl groups is 1. The Labute approximate surface area is 108 Å². The second kappa shape index (κ2) is 5.80. The second-order valence-electron chi connectivity index (χ2n) is 5.24. The summed E-state index contributed by atoms with van der Waals surface area (Å²) in [7, 11) is 0. The number of aryl methyl sites for hydroxylation is 1. The Morgan fingerprint density at radius 1 is 1.56 bits per heavy atom. The van der Waals surface area contributed by atoms with Crippen molar-refractivity contribution in [1.82, 2.24) is 14.8 Å². The van der Waals surface area contributed by atoms with Gasteiger partial charge >= 0.3 is 0 Å². The van der Waals surface area contributed by atoms with Crippen molar-refractivity contribution in [1.29, 1.82) is 0 Å². The Kier molecular flexibility index (Phi) is 4.35. The molecule has 0 bridgehead atoms. The summed E-state index contributed by atoms with van der Waals surface area (Å²) in [6, 6.07) is 0. The predicted octanol–water partition coefficient (Wildman–Crippen LogP) is 1.55. The molecule has 1 N–H and O–H groups in total. The van der Waals surface area contributed by atoms with Gasteiger partial charge in [0.2, 0.25) is 0 Å². The highest BCUT2D eigenvalue weighted by molar-refractivity contribution is 4.95.